The molecular formula is C15H24NORb. The molecule has 2 aliphatic carbocycles. The summed E-state index contributed by atoms with van der Waals surface area (Å²) in [5, 5.41) is 4.56. The van der Waals surface area contributed by atoms with Crippen LogP contribution < -0.4 is 58.2 Å². The van der Waals surface area contributed by atoms with Gasteiger partial charge in [0.05, 0.1) is 5.91 Å². The van der Waals surface area contributed by atoms with E-state index in [2.05, 4.69) is 12.2 Å². The van der Waals surface area contributed by atoms with Crippen LogP contribution in [0, 0.1) is 23.7 Å². The van der Waals surface area contributed by atoms with Gasteiger partial charge in [0.2, 0.25) is 0 Å². The predicted octanol–water partition coefficient (Wildman–Crippen LogP) is 0.906. The van der Waals surface area contributed by atoms with Crippen molar-refractivity contribution in [3.05, 3.63) is 5.32 Å². The zero-order valence-corrected chi connectivity index (χ0v) is 16.8. The number of rotatable bonds is 0. The molecule has 5 atom stereocenters. The molecule has 5 unspecified atom stereocenters. The first-order valence-electron chi connectivity index (χ1n) is 7.52. The zero-order valence-electron chi connectivity index (χ0n) is 11.9. The van der Waals surface area contributed by atoms with Gasteiger partial charge in [-0.2, -0.15) is 0 Å². The number of carbonyl (C=O) groups is 1. The van der Waals surface area contributed by atoms with Crippen molar-refractivity contribution in [3.63, 3.8) is 0 Å². The van der Waals surface area contributed by atoms with Crippen LogP contribution in [0.25, 0.3) is 5.32 Å². The molecule has 3 aliphatic rings. The number of amides is 1. The topological polar surface area (TPSA) is 31.2 Å². The monoisotopic (exact) mass is 319 g/mol. The Balaban J connectivity index is 0.00000120. The smallest absolute Gasteiger partial charge is 0.650 e. The Morgan fingerprint density at radius 1 is 0.889 bits per heavy atom. The molecule has 2 nitrogen and oxygen atoms in total. The summed E-state index contributed by atoms with van der Waals surface area (Å²) >= 11 is 0. The number of hydrogen-bond donors (Lipinski definition) is 0. The van der Waals surface area contributed by atoms with Crippen LogP contribution in [0.1, 0.15) is 58.3 Å². The van der Waals surface area contributed by atoms with Crippen molar-refractivity contribution in [1.29, 1.82) is 0 Å². The van der Waals surface area contributed by atoms with E-state index in [0.717, 1.165) is 11.8 Å². The van der Waals surface area contributed by atoms with E-state index in [1.54, 1.807) is 0 Å². The van der Waals surface area contributed by atoms with E-state index in [9.17, 15) is 4.79 Å². The minimum atomic E-state index is 0. The summed E-state index contributed by atoms with van der Waals surface area (Å²) in [7, 11) is 0. The predicted molar refractivity (Wildman–Crippen MR) is 68.7 cm³/mol. The van der Waals surface area contributed by atoms with E-state index < -0.39 is 0 Å². The number of carbonyl (C=O) groups excluding carboxylic acids is 1. The Labute approximate surface area is 160 Å². The van der Waals surface area contributed by atoms with E-state index >= 15 is 0 Å². The molecule has 96 valence electrons. The number of nitrogens with zero attached hydrogens (tertiary/aromatic N) is 1. The van der Waals surface area contributed by atoms with Crippen LogP contribution >= 0.6 is 0 Å². The number of hydrogen-bond acceptors (Lipinski definition) is 1. The van der Waals surface area contributed by atoms with Gasteiger partial charge in [-0.25, -0.2) is 0 Å². The molecular weight excluding hydrogens is 296 g/mol. The maximum absolute atomic E-state index is 12.2. The van der Waals surface area contributed by atoms with Crippen LogP contribution in [0.4, 0.5) is 0 Å². The quantitative estimate of drug-likeness (QED) is 0.653. The van der Waals surface area contributed by atoms with Crippen molar-refractivity contribution in [3.8, 4) is 0 Å². The molecule has 0 aromatic heterocycles. The van der Waals surface area contributed by atoms with Crippen LogP contribution in [-0.2, 0) is 4.79 Å². The summed E-state index contributed by atoms with van der Waals surface area (Å²) in [4.78, 5) is 12.2. The van der Waals surface area contributed by atoms with Gasteiger partial charge in [-0.15, -0.1) is 6.04 Å². The SMILES string of the molecule is CC1C(=O)[N-]C2CCCCC2C2CCCCC12.[Rb+]. The van der Waals surface area contributed by atoms with Crippen molar-refractivity contribution in [2.45, 2.75) is 64.3 Å². The standard InChI is InChI=1S/C15H25NO.Rb/c1-10-11-6-2-3-7-12(11)13-8-4-5-9-14(13)16-15(10)17;/h10-14H,2-9H2,1H3,(H,16,17);/q;+1/p-1. The van der Waals surface area contributed by atoms with Gasteiger partial charge in [-0.1, -0.05) is 51.4 Å². The Morgan fingerprint density at radius 2 is 1.44 bits per heavy atom. The molecule has 2 saturated carbocycles. The first kappa shape index (κ1) is 15.7. The molecule has 1 heterocycles. The normalized spacial score (nSPS) is 43.8. The molecule has 1 saturated heterocycles. The maximum Gasteiger partial charge on any atom is 1.00 e. The van der Waals surface area contributed by atoms with Crippen LogP contribution in [0.15, 0.2) is 0 Å². The Morgan fingerprint density at radius 3 is 2.17 bits per heavy atom. The molecule has 0 aromatic carbocycles. The minimum Gasteiger partial charge on any atom is -0.650 e. The average molecular weight is 320 g/mol. The summed E-state index contributed by atoms with van der Waals surface area (Å²) in [6.45, 7) is 2.13. The van der Waals surface area contributed by atoms with Crippen LogP contribution in [-0.4, -0.2) is 11.9 Å². The largest absolute Gasteiger partial charge is 1.00 e. The fraction of sp³-hybridized carbons (Fsp3) is 0.933. The second-order valence-electron chi connectivity index (χ2n) is 6.38. The fourth-order valence-corrected chi connectivity index (χ4v) is 4.60. The molecule has 0 aromatic rings. The first-order chi connectivity index (χ1) is 8.27. The summed E-state index contributed by atoms with van der Waals surface area (Å²) in [6.07, 6.45) is 10.5. The van der Waals surface area contributed by atoms with Gasteiger partial charge in [-0.05, 0) is 24.7 Å². The molecule has 3 heteroatoms. The van der Waals surface area contributed by atoms with Gasteiger partial charge in [-0.3, -0.25) is 0 Å². The number of fused-ring (bicyclic) bond motifs is 3. The van der Waals surface area contributed by atoms with Crippen LogP contribution in [0.5, 0.6) is 0 Å². The van der Waals surface area contributed by atoms with Crippen molar-refractivity contribution in [2.24, 2.45) is 23.7 Å². The Bertz CT molecular complexity index is 307. The Kier molecular flexibility index (Phi) is 5.93. The summed E-state index contributed by atoms with van der Waals surface area (Å²) in [5.41, 5.74) is 0. The molecule has 0 radical (unpaired) electrons. The molecule has 18 heavy (non-hydrogen) atoms. The summed E-state index contributed by atoms with van der Waals surface area (Å²) < 4.78 is 0. The van der Waals surface area contributed by atoms with E-state index in [0.29, 0.717) is 12.0 Å². The average Bonchev–Trinajstić information content (AvgIpc) is 2.48. The van der Waals surface area contributed by atoms with E-state index in [4.69, 9.17) is 0 Å². The summed E-state index contributed by atoms with van der Waals surface area (Å²) in [6, 6.07) is 0.381. The summed E-state index contributed by atoms with van der Waals surface area (Å²) in [5.74, 6) is 2.61. The van der Waals surface area contributed by atoms with E-state index in [-0.39, 0.29) is 70.0 Å². The van der Waals surface area contributed by atoms with E-state index in [1.807, 2.05) is 0 Å². The Hall–Kier alpha value is 1.28. The van der Waals surface area contributed by atoms with Crippen molar-refractivity contribution < 1.29 is 63.0 Å². The van der Waals surface area contributed by atoms with Crippen LogP contribution in [0.2, 0.25) is 0 Å². The molecule has 0 N–H and O–H groups in total. The first-order valence-corrected chi connectivity index (χ1v) is 7.52. The molecule has 1 amide bonds. The molecule has 0 bridgehead atoms. The third-order valence-corrected chi connectivity index (χ3v) is 5.53. The molecule has 0 spiro atoms. The van der Waals surface area contributed by atoms with Crippen molar-refractivity contribution in [1.82, 2.24) is 0 Å². The van der Waals surface area contributed by atoms with Gasteiger partial charge < -0.3 is 10.1 Å². The van der Waals surface area contributed by atoms with Crippen molar-refractivity contribution in [2.75, 3.05) is 0 Å². The van der Waals surface area contributed by atoms with Crippen LogP contribution in [0.3, 0.4) is 0 Å². The second-order valence-corrected chi connectivity index (χ2v) is 6.38. The minimum absolute atomic E-state index is 0. The van der Waals surface area contributed by atoms with Gasteiger partial charge in [0.25, 0.3) is 0 Å². The third-order valence-electron chi connectivity index (χ3n) is 5.53. The molecule has 3 fully saturated rings. The second kappa shape index (κ2) is 6.82. The third kappa shape index (κ3) is 2.97. The zero-order chi connectivity index (χ0) is 11.8. The van der Waals surface area contributed by atoms with Gasteiger partial charge >= 0.3 is 58.2 Å². The van der Waals surface area contributed by atoms with Gasteiger partial charge in [0, 0.05) is 5.92 Å². The molecule has 1 aliphatic heterocycles. The maximum atomic E-state index is 12.2. The van der Waals surface area contributed by atoms with E-state index in [1.165, 1.54) is 51.4 Å². The molecule has 3 rings (SSSR count). The van der Waals surface area contributed by atoms with Gasteiger partial charge in [0.15, 0.2) is 0 Å². The van der Waals surface area contributed by atoms with Crippen molar-refractivity contribution >= 4 is 5.91 Å². The fourth-order valence-electron chi connectivity index (χ4n) is 4.60. The van der Waals surface area contributed by atoms with Gasteiger partial charge in [0.1, 0.15) is 0 Å².